The van der Waals surface area contributed by atoms with Crippen LogP contribution in [0.3, 0.4) is 0 Å². The van der Waals surface area contributed by atoms with Crippen molar-refractivity contribution < 1.29 is 9.53 Å². The number of allylic oxidation sites excluding steroid dienone is 2. The maximum atomic E-state index is 11.4. The first kappa shape index (κ1) is 10.0. The third kappa shape index (κ3) is 1.70. The van der Waals surface area contributed by atoms with Crippen molar-refractivity contribution >= 4 is 5.91 Å². The number of ether oxygens (including phenoxy) is 1. The van der Waals surface area contributed by atoms with Gasteiger partial charge < -0.3 is 4.74 Å². The zero-order valence-electron chi connectivity index (χ0n) is 8.96. The first-order valence-corrected chi connectivity index (χ1v) is 5.02. The standard InChI is InChI=1S/C10H15N3O2/c1-3-15-10-12(9(2)14)8-11-6-4-5-7-13(10)11/h4-7,10H,3,8H2,1-2H3. The number of carbonyl (C=O) groups is 1. The molecule has 2 aliphatic heterocycles. The number of nitrogens with zero attached hydrogens (tertiary/aromatic N) is 3. The summed E-state index contributed by atoms with van der Waals surface area (Å²) in [5, 5.41) is 3.85. The highest BCUT2D eigenvalue weighted by Gasteiger charge is 2.37. The molecule has 2 rings (SSSR count). The summed E-state index contributed by atoms with van der Waals surface area (Å²) in [4.78, 5) is 13.1. The van der Waals surface area contributed by atoms with Gasteiger partial charge in [-0.1, -0.05) is 0 Å². The van der Waals surface area contributed by atoms with Crippen molar-refractivity contribution in [3.8, 4) is 0 Å². The Morgan fingerprint density at radius 3 is 2.87 bits per heavy atom. The van der Waals surface area contributed by atoms with E-state index in [0.29, 0.717) is 13.3 Å². The van der Waals surface area contributed by atoms with E-state index in [1.165, 1.54) is 0 Å². The number of rotatable bonds is 2. The molecule has 1 saturated heterocycles. The Kier molecular flexibility index (Phi) is 2.64. The molecular weight excluding hydrogens is 194 g/mol. The van der Waals surface area contributed by atoms with Crippen molar-refractivity contribution in [2.75, 3.05) is 13.3 Å². The van der Waals surface area contributed by atoms with Gasteiger partial charge in [0.25, 0.3) is 0 Å². The van der Waals surface area contributed by atoms with Crippen LogP contribution in [-0.4, -0.2) is 40.5 Å². The van der Waals surface area contributed by atoms with E-state index >= 15 is 0 Å². The Morgan fingerprint density at radius 2 is 2.20 bits per heavy atom. The monoisotopic (exact) mass is 209 g/mol. The molecule has 0 saturated carbocycles. The van der Waals surface area contributed by atoms with Crippen LogP contribution in [0.1, 0.15) is 13.8 Å². The second-order valence-electron chi connectivity index (χ2n) is 3.41. The fraction of sp³-hybridized carbons (Fsp3) is 0.500. The highest BCUT2D eigenvalue weighted by Crippen LogP contribution is 2.23. The number of fused-ring (bicyclic) bond motifs is 1. The summed E-state index contributed by atoms with van der Waals surface area (Å²) in [7, 11) is 0. The lowest BCUT2D eigenvalue weighted by Crippen LogP contribution is -2.42. The number of carbonyl (C=O) groups excluding carboxylic acids is 1. The molecule has 0 spiro atoms. The number of hydrogen-bond donors (Lipinski definition) is 0. The minimum absolute atomic E-state index is 0.0182. The van der Waals surface area contributed by atoms with Gasteiger partial charge in [0.05, 0.1) is 0 Å². The Labute approximate surface area is 89.2 Å². The van der Waals surface area contributed by atoms with Crippen molar-refractivity contribution in [1.29, 1.82) is 0 Å². The van der Waals surface area contributed by atoms with Gasteiger partial charge in [-0.2, -0.15) is 0 Å². The van der Waals surface area contributed by atoms with Gasteiger partial charge in [-0.3, -0.25) is 14.7 Å². The fourth-order valence-electron chi connectivity index (χ4n) is 1.71. The summed E-state index contributed by atoms with van der Waals surface area (Å²) in [5.41, 5.74) is 0. The molecule has 82 valence electrons. The Morgan fingerprint density at radius 1 is 1.47 bits per heavy atom. The van der Waals surface area contributed by atoms with Crippen LogP contribution < -0.4 is 0 Å². The van der Waals surface area contributed by atoms with Gasteiger partial charge in [-0.15, -0.1) is 0 Å². The van der Waals surface area contributed by atoms with Crippen LogP contribution in [0.4, 0.5) is 0 Å². The van der Waals surface area contributed by atoms with Gasteiger partial charge in [0.1, 0.15) is 6.67 Å². The van der Waals surface area contributed by atoms with Crippen LogP contribution in [0.15, 0.2) is 24.6 Å². The molecule has 1 amide bonds. The molecule has 0 bridgehead atoms. The lowest BCUT2D eigenvalue weighted by Gasteiger charge is -2.30. The van der Waals surface area contributed by atoms with Crippen LogP contribution in [0.5, 0.6) is 0 Å². The molecule has 1 unspecified atom stereocenters. The van der Waals surface area contributed by atoms with Crippen molar-refractivity contribution in [1.82, 2.24) is 14.9 Å². The second-order valence-corrected chi connectivity index (χ2v) is 3.41. The number of hydrogen-bond acceptors (Lipinski definition) is 4. The topological polar surface area (TPSA) is 36.0 Å². The summed E-state index contributed by atoms with van der Waals surface area (Å²) in [6.45, 7) is 4.60. The molecule has 2 heterocycles. The summed E-state index contributed by atoms with van der Waals surface area (Å²) >= 11 is 0. The zero-order chi connectivity index (χ0) is 10.8. The Bertz CT molecular complexity index is 314. The average Bonchev–Trinajstić information content (AvgIpc) is 2.58. The first-order valence-electron chi connectivity index (χ1n) is 5.02. The largest absolute Gasteiger partial charge is 0.339 e. The summed E-state index contributed by atoms with van der Waals surface area (Å²) in [5.74, 6) is 0.0182. The number of amides is 1. The average molecular weight is 209 g/mol. The SMILES string of the molecule is CCOC1N(C(C)=O)CN2C=CC=CN12. The van der Waals surface area contributed by atoms with E-state index in [0.717, 1.165) is 0 Å². The Hall–Kier alpha value is -1.49. The van der Waals surface area contributed by atoms with Gasteiger partial charge in [-0.25, -0.2) is 5.01 Å². The van der Waals surface area contributed by atoms with Crippen LogP contribution in [0.25, 0.3) is 0 Å². The normalized spacial score (nSPS) is 23.6. The highest BCUT2D eigenvalue weighted by molar-refractivity contribution is 5.73. The molecule has 0 radical (unpaired) electrons. The molecular formula is C10H15N3O2. The van der Waals surface area contributed by atoms with E-state index in [-0.39, 0.29) is 12.3 Å². The highest BCUT2D eigenvalue weighted by atomic mass is 16.5. The quantitative estimate of drug-likeness (QED) is 0.670. The van der Waals surface area contributed by atoms with Gasteiger partial charge >= 0.3 is 0 Å². The van der Waals surface area contributed by atoms with Gasteiger partial charge in [0.15, 0.2) is 0 Å². The molecule has 0 aromatic heterocycles. The minimum Gasteiger partial charge on any atom is -0.339 e. The molecule has 0 aromatic rings. The third-order valence-electron chi connectivity index (χ3n) is 2.42. The van der Waals surface area contributed by atoms with E-state index in [9.17, 15) is 4.79 Å². The van der Waals surface area contributed by atoms with Gasteiger partial charge in [0.2, 0.25) is 12.3 Å². The molecule has 0 aliphatic carbocycles. The lowest BCUT2D eigenvalue weighted by molar-refractivity contribution is -0.151. The van der Waals surface area contributed by atoms with Crippen molar-refractivity contribution in [3.05, 3.63) is 24.6 Å². The zero-order valence-corrected chi connectivity index (χ0v) is 8.96. The van der Waals surface area contributed by atoms with E-state index in [1.54, 1.807) is 11.8 Å². The maximum Gasteiger partial charge on any atom is 0.231 e. The summed E-state index contributed by atoms with van der Waals surface area (Å²) < 4.78 is 5.55. The predicted octanol–water partition coefficient (Wildman–Crippen LogP) is 0.686. The van der Waals surface area contributed by atoms with Crippen LogP contribution in [0, 0.1) is 0 Å². The predicted molar refractivity (Wildman–Crippen MR) is 54.8 cm³/mol. The van der Waals surface area contributed by atoms with E-state index < -0.39 is 0 Å². The molecule has 5 heteroatoms. The Balaban J connectivity index is 2.18. The van der Waals surface area contributed by atoms with Crippen LogP contribution >= 0.6 is 0 Å². The summed E-state index contributed by atoms with van der Waals surface area (Å²) in [6.07, 6.45) is 7.38. The maximum absolute atomic E-state index is 11.4. The molecule has 0 aromatic carbocycles. The number of hydrazine groups is 1. The molecule has 2 aliphatic rings. The molecule has 0 N–H and O–H groups in total. The third-order valence-corrected chi connectivity index (χ3v) is 2.42. The van der Waals surface area contributed by atoms with E-state index in [4.69, 9.17) is 4.74 Å². The summed E-state index contributed by atoms with van der Waals surface area (Å²) in [6, 6.07) is 0. The first-order chi connectivity index (χ1) is 7.24. The van der Waals surface area contributed by atoms with Gasteiger partial charge in [0, 0.05) is 25.9 Å². The molecule has 5 nitrogen and oxygen atoms in total. The van der Waals surface area contributed by atoms with Gasteiger partial charge in [-0.05, 0) is 19.1 Å². The fourth-order valence-corrected chi connectivity index (χ4v) is 1.71. The molecule has 1 fully saturated rings. The van der Waals surface area contributed by atoms with Crippen LogP contribution in [0.2, 0.25) is 0 Å². The van der Waals surface area contributed by atoms with E-state index in [1.807, 2.05) is 41.5 Å². The van der Waals surface area contributed by atoms with Crippen molar-refractivity contribution in [2.45, 2.75) is 20.2 Å². The lowest BCUT2D eigenvalue weighted by atomic mass is 10.5. The van der Waals surface area contributed by atoms with E-state index in [2.05, 4.69) is 0 Å². The smallest absolute Gasteiger partial charge is 0.231 e. The van der Waals surface area contributed by atoms with Crippen LogP contribution in [-0.2, 0) is 9.53 Å². The minimum atomic E-state index is -0.311. The van der Waals surface area contributed by atoms with Crippen molar-refractivity contribution in [3.63, 3.8) is 0 Å². The second kappa shape index (κ2) is 3.94. The molecule has 1 atom stereocenters. The van der Waals surface area contributed by atoms with Crippen molar-refractivity contribution in [2.24, 2.45) is 0 Å². The molecule has 15 heavy (non-hydrogen) atoms.